The summed E-state index contributed by atoms with van der Waals surface area (Å²) in [5.41, 5.74) is 1.15. The molecule has 0 aromatic heterocycles. The lowest BCUT2D eigenvalue weighted by atomic mass is 9.92. The van der Waals surface area contributed by atoms with Crippen LogP contribution in [-0.2, 0) is 6.42 Å². The minimum absolute atomic E-state index is 0.100. The largest absolute Gasteiger partial charge is 0.314 e. The fourth-order valence-electron chi connectivity index (χ4n) is 1.76. The van der Waals surface area contributed by atoms with E-state index in [1.807, 2.05) is 12.1 Å². The number of benzene rings is 1. The van der Waals surface area contributed by atoms with Gasteiger partial charge in [0.15, 0.2) is 0 Å². The van der Waals surface area contributed by atoms with Gasteiger partial charge < -0.3 is 5.32 Å². The quantitative estimate of drug-likeness (QED) is 0.821. The van der Waals surface area contributed by atoms with E-state index in [1.165, 1.54) is 6.07 Å². The first kappa shape index (κ1) is 14.2. The second kappa shape index (κ2) is 6.15. The second-order valence-electron chi connectivity index (χ2n) is 5.96. The Morgan fingerprint density at radius 2 is 1.88 bits per heavy atom. The minimum atomic E-state index is -0.100. The highest BCUT2D eigenvalue weighted by molar-refractivity contribution is 5.18. The molecular formula is C15H24FN. The lowest BCUT2D eigenvalue weighted by Crippen LogP contribution is -2.31. The predicted molar refractivity (Wildman–Crippen MR) is 71.6 cm³/mol. The van der Waals surface area contributed by atoms with Gasteiger partial charge in [0.1, 0.15) is 5.82 Å². The van der Waals surface area contributed by atoms with Crippen molar-refractivity contribution in [2.45, 2.75) is 46.6 Å². The molecule has 1 aromatic carbocycles. The van der Waals surface area contributed by atoms with Crippen LogP contribution in [0.2, 0.25) is 0 Å². The first-order valence-corrected chi connectivity index (χ1v) is 6.35. The van der Waals surface area contributed by atoms with E-state index in [-0.39, 0.29) is 5.82 Å². The lowest BCUT2D eigenvalue weighted by molar-refractivity contribution is 0.356. The van der Waals surface area contributed by atoms with Crippen LogP contribution < -0.4 is 5.32 Å². The number of rotatable bonds is 5. The molecule has 1 nitrogen and oxygen atoms in total. The summed E-state index contributed by atoms with van der Waals surface area (Å²) >= 11 is 0. The van der Waals surface area contributed by atoms with E-state index < -0.39 is 0 Å². The molecule has 1 atom stereocenters. The molecular weight excluding hydrogens is 213 g/mol. The zero-order chi connectivity index (χ0) is 12.9. The number of hydrogen-bond donors (Lipinski definition) is 1. The van der Waals surface area contributed by atoms with Gasteiger partial charge in [0.25, 0.3) is 0 Å². The van der Waals surface area contributed by atoms with Crippen molar-refractivity contribution in [3.63, 3.8) is 0 Å². The van der Waals surface area contributed by atoms with Crippen molar-refractivity contribution in [2.75, 3.05) is 6.54 Å². The average Bonchev–Trinajstić information content (AvgIpc) is 2.19. The molecule has 0 aliphatic rings. The normalized spacial score (nSPS) is 13.7. The highest BCUT2D eigenvalue weighted by atomic mass is 19.1. The maximum atomic E-state index is 13.4. The highest BCUT2D eigenvalue weighted by Crippen LogP contribution is 2.17. The molecule has 0 fully saturated rings. The van der Waals surface area contributed by atoms with E-state index in [0.29, 0.717) is 11.5 Å². The first-order valence-electron chi connectivity index (χ1n) is 6.35. The van der Waals surface area contributed by atoms with Gasteiger partial charge in [-0.3, -0.25) is 0 Å². The molecule has 0 radical (unpaired) electrons. The molecule has 0 saturated heterocycles. The Morgan fingerprint density at radius 1 is 1.24 bits per heavy atom. The van der Waals surface area contributed by atoms with Gasteiger partial charge in [0.2, 0.25) is 0 Å². The van der Waals surface area contributed by atoms with Crippen molar-refractivity contribution in [3.8, 4) is 0 Å². The Bertz CT molecular complexity index is 341. The molecule has 0 aliphatic heterocycles. The third-order valence-corrected chi connectivity index (χ3v) is 2.85. The van der Waals surface area contributed by atoms with Crippen LogP contribution in [0.25, 0.3) is 0 Å². The molecule has 1 unspecified atom stereocenters. The third-order valence-electron chi connectivity index (χ3n) is 2.85. The van der Waals surface area contributed by atoms with E-state index in [4.69, 9.17) is 0 Å². The lowest BCUT2D eigenvalue weighted by Gasteiger charge is -2.20. The van der Waals surface area contributed by atoms with Crippen LogP contribution >= 0.6 is 0 Å². The minimum Gasteiger partial charge on any atom is -0.314 e. The fourth-order valence-corrected chi connectivity index (χ4v) is 1.76. The van der Waals surface area contributed by atoms with Gasteiger partial charge in [-0.05, 0) is 43.4 Å². The van der Waals surface area contributed by atoms with Gasteiger partial charge >= 0.3 is 0 Å². The SMILES string of the molecule is CC(Cc1ccccc1F)NCCC(C)(C)C. The van der Waals surface area contributed by atoms with Crippen LogP contribution in [0.3, 0.4) is 0 Å². The first-order chi connectivity index (χ1) is 7.88. The summed E-state index contributed by atoms with van der Waals surface area (Å²) in [5.74, 6) is -0.100. The Balaban J connectivity index is 2.35. The summed E-state index contributed by atoms with van der Waals surface area (Å²) in [5, 5.41) is 3.45. The average molecular weight is 237 g/mol. The maximum absolute atomic E-state index is 13.4. The fraction of sp³-hybridized carbons (Fsp3) is 0.600. The molecule has 0 aliphatic carbocycles. The van der Waals surface area contributed by atoms with E-state index in [0.717, 1.165) is 24.9 Å². The second-order valence-corrected chi connectivity index (χ2v) is 5.96. The van der Waals surface area contributed by atoms with Crippen LogP contribution in [0.1, 0.15) is 39.7 Å². The summed E-state index contributed by atoms with van der Waals surface area (Å²) in [7, 11) is 0. The van der Waals surface area contributed by atoms with Crippen LogP contribution in [0.15, 0.2) is 24.3 Å². The van der Waals surface area contributed by atoms with Crippen molar-refractivity contribution >= 4 is 0 Å². The standard InChI is InChI=1S/C15H24FN/c1-12(17-10-9-15(2,3)4)11-13-7-5-6-8-14(13)16/h5-8,12,17H,9-11H2,1-4H3. The van der Waals surface area contributed by atoms with Crippen molar-refractivity contribution in [3.05, 3.63) is 35.6 Å². The van der Waals surface area contributed by atoms with Crippen LogP contribution in [-0.4, -0.2) is 12.6 Å². The molecule has 0 spiro atoms. The smallest absolute Gasteiger partial charge is 0.126 e. The molecule has 0 bridgehead atoms. The topological polar surface area (TPSA) is 12.0 Å². The summed E-state index contributed by atoms with van der Waals surface area (Å²) in [6.45, 7) is 9.79. The van der Waals surface area contributed by atoms with E-state index in [2.05, 4.69) is 33.0 Å². The molecule has 2 heteroatoms. The molecule has 96 valence electrons. The molecule has 1 aromatic rings. The highest BCUT2D eigenvalue weighted by Gasteiger charge is 2.11. The van der Waals surface area contributed by atoms with Crippen LogP contribution in [0, 0.1) is 11.2 Å². The summed E-state index contributed by atoms with van der Waals surface area (Å²) in [6, 6.07) is 7.32. The zero-order valence-corrected chi connectivity index (χ0v) is 11.4. The predicted octanol–water partition coefficient (Wildman–Crippen LogP) is 3.78. The summed E-state index contributed by atoms with van der Waals surface area (Å²) in [6.07, 6.45) is 1.88. The van der Waals surface area contributed by atoms with Gasteiger partial charge in [-0.15, -0.1) is 0 Å². The molecule has 0 heterocycles. The van der Waals surface area contributed by atoms with Gasteiger partial charge in [-0.2, -0.15) is 0 Å². The Morgan fingerprint density at radius 3 is 2.47 bits per heavy atom. The van der Waals surface area contributed by atoms with Gasteiger partial charge in [-0.25, -0.2) is 4.39 Å². The molecule has 0 amide bonds. The molecule has 1 rings (SSSR count). The van der Waals surface area contributed by atoms with Crippen molar-refractivity contribution in [1.82, 2.24) is 5.32 Å². The molecule has 17 heavy (non-hydrogen) atoms. The Labute approximate surface area is 104 Å². The Hall–Kier alpha value is -0.890. The number of halogens is 1. The summed E-state index contributed by atoms with van der Waals surface area (Å²) < 4.78 is 13.4. The van der Waals surface area contributed by atoms with E-state index in [1.54, 1.807) is 6.07 Å². The van der Waals surface area contributed by atoms with Crippen molar-refractivity contribution in [2.24, 2.45) is 5.41 Å². The van der Waals surface area contributed by atoms with Crippen molar-refractivity contribution < 1.29 is 4.39 Å². The van der Waals surface area contributed by atoms with Crippen molar-refractivity contribution in [1.29, 1.82) is 0 Å². The molecule has 0 saturated carbocycles. The third kappa shape index (κ3) is 5.83. The van der Waals surface area contributed by atoms with Gasteiger partial charge in [-0.1, -0.05) is 39.0 Å². The number of nitrogens with one attached hydrogen (secondary N) is 1. The summed E-state index contributed by atoms with van der Waals surface area (Å²) in [4.78, 5) is 0. The monoisotopic (exact) mass is 237 g/mol. The van der Waals surface area contributed by atoms with Gasteiger partial charge in [0.05, 0.1) is 0 Å². The van der Waals surface area contributed by atoms with E-state index >= 15 is 0 Å². The number of hydrogen-bond acceptors (Lipinski definition) is 1. The zero-order valence-electron chi connectivity index (χ0n) is 11.4. The molecule has 1 N–H and O–H groups in total. The van der Waals surface area contributed by atoms with Crippen LogP contribution in [0.4, 0.5) is 4.39 Å². The van der Waals surface area contributed by atoms with E-state index in [9.17, 15) is 4.39 Å². The van der Waals surface area contributed by atoms with Crippen LogP contribution in [0.5, 0.6) is 0 Å². The van der Waals surface area contributed by atoms with Gasteiger partial charge in [0, 0.05) is 6.04 Å². The Kier molecular flexibility index (Phi) is 5.13. The maximum Gasteiger partial charge on any atom is 0.126 e.